The molecule has 0 aliphatic carbocycles. The third-order valence-corrected chi connectivity index (χ3v) is 7.44. The van der Waals surface area contributed by atoms with E-state index in [0.717, 1.165) is 17.7 Å². The first-order valence-electron chi connectivity index (χ1n) is 8.33. The van der Waals surface area contributed by atoms with Crippen LogP contribution in [0.3, 0.4) is 0 Å². The smallest absolute Gasteiger partial charge is 0.399 e. The summed E-state index contributed by atoms with van der Waals surface area (Å²) in [6.45, 7) is 3.47. The topological polar surface area (TPSA) is 43.1 Å². The third-order valence-electron chi connectivity index (χ3n) is 4.41. The third kappa shape index (κ3) is 3.79. The highest BCUT2D eigenvalue weighted by molar-refractivity contribution is 7.85. The maximum absolute atomic E-state index is 14.3. The highest BCUT2D eigenvalue weighted by Crippen LogP contribution is 2.44. The van der Waals surface area contributed by atoms with E-state index in [-0.39, 0.29) is 5.30 Å². The number of hydrogen-bond donors (Lipinski definition) is 1. The predicted octanol–water partition coefficient (Wildman–Crippen LogP) is 4.54. The lowest BCUT2D eigenvalue weighted by Gasteiger charge is -2.22. The van der Waals surface area contributed by atoms with Crippen LogP contribution in [0.15, 0.2) is 66.7 Å². The Labute approximate surface area is 156 Å². The molecule has 0 radical (unpaired) electrons. The highest BCUT2D eigenvalue weighted by atomic mass is 31.2. The Kier molecular flexibility index (Phi) is 4.92. The minimum atomic E-state index is -4.51. The summed E-state index contributed by atoms with van der Waals surface area (Å²) < 4.78 is 54.3. The molecule has 2 nitrogen and oxygen atoms in total. The normalized spacial score (nSPS) is 14.0. The molecule has 0 saturated heterocycles. The summed E-state index contributed by atoms with van der Waals surface area (Å²) in [6, 6.07) is 17.1. The molecular weight excluding hydrogens is 370 g/mol. The average Bonchev–Trinajstić information content (AvgIpc) is 2.61. The molecular formula is C21H19F3NOP. The summed E-state index contributed by atoms with van der Waals surface area (Å²) in [5, 5.41) is 1.08. The van der Waals surface area contributed by atoms with Crippen molar-refractivity contribution in [2.45, 2.75) is 20.0 Å². The van der Waals surface area contributed by atoms with Crippen LogP contribution in [0.4, 0.5) is 18.9 Å². The lowest BCUT2D eigenvalue weighted by Crippen LogP contribution is -2.26. The summed E-state index contributed by atoms with van der Waals surface area (Å²) in [5.74, 6) is 0. The van der Waals surface area contributed by atoms with Gasteiger partial charge in [-0.05, 0) is 61.9 Å². The molecule has 0 amide bonds. The van der Waals surface area contributed by atoms with Crippen molar-refractivity contribution in [2.75, 3.05) is 5.73 Å². The Morgan fingerprint density at radius 3 is 1.78 bits per heavy atom. The number of nitrogen functional groups attached to an aromatic ring is 1. The van der Waals surface area contributed by atoms with Crippen molar-refractivity contribution < 1.29 is 17.7 Å². The maximum Gasteiger partial charge on any atom is 0.416 e. The minimum absolute atomic E-state index is 0.156. The molecule has 6 heteroatoms. The van der Waals surface area contributed by atoms with Crippen LogP contribution >= 0.6 is 7.14 Å². The molecule has 0 aromatic heterocycles. The van der Waals surface area contributed by atoms with Crippen LogP contribution in [0.5, 0.6) is 0 Å². The van der Waals surface area contributed by atoms with Gasteiger partial charge in [0.1, 0.15) is 0 Å². The van der Waals surface area contributed by atoms with Crippen LogP contribution in [0.2, 0.25) is 0 Å². The zero-order valence-electron chi connectivity index (χ0n) is 14.9. The van der Waals surface area contributed by atoms with Gasteiger partial charge in [-0.1, -0.05) is 29.8 Å². The second kappa shape index (κ2) is 6.90. The molecule has 27 heavy (non-hydrogen) atoms. The first-order chi connectivity index (χ1) is 12.6. The van der Waals surface area contributed by atoms with Gasteiger partial charge in [0.15, 0.2) is 7.14 Å². The molecule has 0 aliphatic heterocycles. The number of nitrogens with two attached hydrogens (primary N) is 1. The van der Waals surface area contributed by atoms with Crippen molar-refractivity contribution in [2.24, 2.45) is 0 Å². The van der Waals surface area contributed by atoms with Crippen molar-refractivity contribution >= 4 is 28.7 Å². The molecule has 3 aromatic carbocycles. The van der Waals surface area contributed by atoms with E-state index in [1.165, 1.54) is 0 Å². The van der Waals surface area contributed by atoms with Crippen molar-refractivity contribution in [3.8, 4) is 0 Å². The van der Waals surface area contributed by atoms with E-state index in [1.54, 1.807) is 61.5 Å². The molecule has 0 aliphatic rings. The number of rotatable bonds is 3. The molecule has 0 saturated carbocycles. The van der Waals surface area contributed by atoms with E-state index in [0.29, 0.717) is 21.9 Å². The summed E-state index contributed by atoms with van der Waals surface area (Å²) in [7, 11) is -3.50. The van der Waals surface area contributed by atoms with Gasteiger partial charge in [-0.15, -0.1) is 0 Å². The van der Waals surface area contributed by atoms with Gasteiger partial charge in [-0.3, -0.25) is 0 Å². The highest BCUT2D eigenvalue weighted by Gasteiger charge is 2.35. The molecule has 0 heterocycles. The summed E-state index contributed by atoms with van der Waals surface area (Å²) in [4.78, 5) is 0. The fraction of sp³-hybridized carbons (Fsp3) is 0.143. The minimum Gasteiger partial charge on any atom is -0.399 e. The van der Waals surface area contributed by atoms with Crippen LogP contribution in [-0.4, -0.2) is 0 Å². The molecule has 1 atom stereocenters. The first-order valence-corrected chi connectivity index (χ1v) is 10.0. The summed E-state index contributed by atoms with van der Waals surface area (Å²) in [5.41, 5.74) is 6.80. The van der Waals surface area contributed by atoms with Crippen LogP contribution in [0.1, 0.15) is 16.7 Å². The molecule has 0 spiro atoms. The molecule has 0 bridgehead atoms. The van der Waals surface area contributed by atoms with E-state index in [4.69, 9.17) is 5.73 Å². The van der Waals surface area contributed by atoms with E-state index >= 15 is 0 Å². The van der Waals surface area contributed by atoms with Crippen molar-refractivity contribution in [3.63, 3.8) is 0 Å². The number of hydrogen-bond acceptors (Lipinski definition) is 2. The van der Waals surface area contributed by atoms with Gasteiger partial charge in [0.05, 0.1) is 5.56 Å². The van der Waals surface area contributed by atoms with Crippen LogP contribution in [-0.2, 0) is 10.7 Å². The monoisotopic (exact) mass is 389 g/mol. The number of aryl methyl sites for hydroxylation is 2. The number of benzene rings is 3. The van der Waals surface area contributed by atoms with Gasteiger partial charge in [-0.2, -0.15) is 13.2 Å². The Balaban J connectivity index is 2.31. The van der Waals surface area contributed by atoms with E-state index in [9.17, 15) is 17.7 Å². The van der Waals surface area contributed by atoms with Crippen molar-refractivity contribution in [1.29, 1.82) is 0 Å². The van der Waals surface area contributed by atoms with Gasteiger partial charge >= 0.3 is 6.18 Å². The first kappa shape index (κ1) is 19.2. The Hall–Kier alpha value is -2.52. The number of alkyl halides is 3. The summed E-state index contributed by atoms with van der Waals surface area (Å²) in [6.07, 6.45) is -4.51. The maximum atomic E-state index is 14.3. The molecule has 1 unspecified atom stereocenters. The van der Waals surface area contributed by atoms with E-state index in [1.807, 2.05) is 6.92 Å². The quantitative estimate of drug-likeness (QED) is 0.528. The standard InChI is InChI=1S/C21H19F3NOP/c1-14-3-7-18(8-4-14)27(26,19-9-5-17(25)6-10-19)20-12-15(2)11-16(13-20)21(22,23)24/h3-13H,25H2,1-2H3. The number of anilines is 1. The number of halogens is 3. The van der Waals surface area contributed by atoms with E-state index < -0.39 is 18.9 Å². The predicted molar refractivity (Wildman–Crippen MR) is 105 cm³/mol. The van der Waals surface area contributed by atoms with Crippen molar-refractivity contribution in [1.82, 2.24) is 0 Å². The molecule has 2 N–H and O–H groups in total. The lowest BCUT2D eigenvalue weighted by molar-refractivity contribution is -0.137. The van der Waals surface area contributed by atoms with Gasteiger partial charge in [0.2, 0.25) is 0 Å². The zero-order valence-corrected chi connectivity index (χ0v) is 15.8. The molecule has 3 rings (SSSR count). The van der Waals surface area contributed by atoms with Crippen LogP contribution in [0, 0.1) is 13.8 Å². The van der Waals surface area contributed by atoms with Crippen molar-refractivity contribution in [3.05, 3.63) is 83.4 Å². The largest absolute Gasteiger partial charge is 0.416 e. The summed E-state index contributed by atoms with van der Waals surface area (Å²) >= 11 is 0. The fourth-order valence-electron chi connectivity index (χ4n) is 2.99. The van der Waals surface area contributed by atoms with Gasteiger partial charge in [0, 0.05) is 21.6 Å². The van der Waals surface area contributed by atoms with Crippen LogP contribution < -0.4 is 21.6 Å². The fourth-order valence-corrected chi connectivity index (χ4v) is 5.73. The van der Waals surface area contributed by atoms with Gasteiger partial charge in [0.25, 0.3) is 0 Å². The Morgan fingerprint density at radius 2 is 1.26 bits per heavy atom. The molecule has 3 aromatic rings. The Morgan fingerprint density at radius 1 is 0.741 bits per heavy atom. The molecule has 0 fully saturated rings. The van der Waals surface area contributed by atoms with Gasteiger partial charge in [-0.25, -0.2) is 0 Å². The lowest BCUT2D eigenvalue weighted by atomic mass is 10.1. The van der Waals surface area contributed by atoms with Crippen LogP contribution in [0.25, 0.3) is 0 Å². The second-order valence-electron chi connectivity index (χ2n) is 6.59. The average molecular weight is 389 g/mol. The second-order valence-corrected chi connectivity index (χ2v) is 9.36. The Bertz CT molecular complexity index is 960. The van der Waals surface area contributed by atoms with Gasteiger partial charge < -0.3 is 10.3 Å². The zero-order chi connectivity index (χ0) is 19.8. The SMILES string of the molecule is Cc1ccc(P(=O)(c2ccc(N)cc2)c2cc(C)cc(C(F)(F)F)c2)cc1. The molecule has 140 valence electrons. The van der Waals surface area contributed by atoms with E-state index in [2.05, 4.69) is 0 Å².